The van der Waals surface area contributed by atoms with E-state index in [2.05, 4.69) is 228 Å². The minimum absolute atomic E-state index is 0.0681. The topological polar surface area (TPSA) is 230 Å². The van der Waals surface area contributed by atoms with E-state index in [1.54, 1.807) is 0 Å². The van der Waals surface area contributed by atoms with Crippen molar-refractivity contribution in [3.63, 3.8) is 0 Å². The number of benzene rings is 12. The highest BCUT2D eigenvalue weighted by atomic mass is 16.5. The summed E-state index contributed by atoms with van der Waals surface area (Å²) < 4.78 is 5.05. The quantitative estimate of drug-likeness (QED) is 0.0233. The number of carbonyl (C=O) groups excluding carboxylic acids is 5. The number of carbonyl (C=O) groups is 5. The van der Waals surface area contributed by atoms with Crippen LogP contribution in [0.4, 0.5) is 0 Å². The van der Waals surface area contributed by atoms with Gasteiger partial charge in [-0.15, -0.1) is 0 Å². The summed E-state index contributed by atoms with van der Waals surface area (Å²) in [7, 11) is 1.43. The molecule has 6 heterocycles. The molecule has 0 saturated carbocycles. The number of methoxy groups -OCH3 is 1. The van der Waals surface area contributed by atoms with Gasteiger partial charge in [0.25, 0.3) is 0 Å². The van der Waals surface area contributed by atoms with Gasteiger partial charge in [0.2, 0.25) is 5.78 Å². The van der Waals surface area contributed by atoms with Crippen LogP contribution in [0.25, 0.3) is 98.9 Å². The lowest BCUT2D eigenvalue weighted by Crippen LogP contribution is -2.07. The number of aliphatic hydroxyl groups excluding tert-OH is 2. The lowest BCUT2D eigenvalue weighted by atomic mass is 9.90. The number of rotatable bonds is 18. The number of nitrogens with one attached hydrogen (secondary N) is 6. The molecule has 0 amide bonds. The van der Waals surface area contributed by atoms with E-state index in [4.69, 9.17) is 4.74 Å². The highest BCUT2D eigenvalue weighted by Gasteiger charge is 2.32. The zero-order valence-electron chi connectivity index (χ0n) is 75.0. The molecule has 0 spiro atoms. The third kappa shape index (κ3) is 16.9. The van der Waals surface area contributed by atoms with Gasteiger partial charge in [0.15, 0.2) is 18.9 Å². The number of Topliss-reactive ketones (excluding diaryl/α,β-unsaturated/α-hetero) is 1. The van der Waals surface area contributed by atoms with E-state index in [0.29, 0.717) is 22.4 Å². The Labute approximate surface area is 772 Å². The first kappa shape index (κ1) is 86.8. The van der Waals surface area contributed by atoms with Crippen molar-refractivity contribution in [3.05, 3.63) is 461 Å². The number of hydrogen-bond acceptors (Lipinski definition) is 8. The molecule has 6 aromatic heterocycles. The number of aryl methyl sites for hydroxylation is 1. The SMILES string of the molecule is CC(C1=CCc2ccccc21)c1[nH]c2ccccc2c1C=O.CC(C1=CCc2ccccc21)c1[nH]c2ccccc2c1CO.COC(=O)c1c(C(C)C2=CCc3ccccc32)[nH]c2ccccc12.Cc1ccc2c(c1)CC=C2Cc1[nH]c2ccccc2c1C=O.O=Cc1c(C(=O)C2=CCc3ccccc32)[nH]c2ccccc12.OCc1c(CC2=CCc3ccccc32)[nH]c2ccccc12. The van der Waals surface area contributed by atoms with Gasteiger partial charge >= 0.3 is 5.97 Å². The van der Waals surface area contributed by atoms with Crippen LogP contribution in [0.15, 0.2) is 322 Å². The van der Waals surface area contributed by atoms with Gasteiger partial charge in [-0.3, -0.25) is 19.2 Å². The van der Waals surface area contributed by atoms with Gasteiger partial charge in [-0.2, -0.15) is 0 Å². The van der Waals surface area contributed by atoms with E-state index < -0.39 is 0 Å². The maximum absolute atomic E-state index is 12.9. The first-order valence-electron chi connectivity index (χ1n) is 45.7. The number of fused-ring (bicyclic) bond motifs is 12. The van der Waals surface area contributed by atoms with E-state index in [1.165, 1.54) is 96.2 Å². The summed E-state index contributed by atoms with van der Waals surface area (Å²) in [5, 5.41) is 25.6. The van der Waals surface area contributed by atoms with Gasteiger partial charge in [0.05, 0.1) is 37.1 Å². The van der Waals surface area contributed by atoms with Crippen LogP contribution in [0, 0.1) is 6.92 Å². The molecule has 3 unspecified atom stereocenters. The first-order chi connectivity index (χ1) is 65.2. The lowest BCUT2D eigenvalue weighted by molar-refractivity contribution is 0.0601. The molecular weight excluding hydrogens is 1640 g/mol. The fourth-order valence-electron chi connectivity index (χ4n) is 20.6. The number of hydrogen-bond donors (Lipinski definition) is 8. The van der Waals surface area contributed by atoms with Crippen LogP contribution in [0.1, 0.15) is 202 Å². The van der Waals surface area contributed by atoms with Crippen LogP contribution in [-0.4, -0.2) is 77.8 Å². The number of aldehydes is 3. The van der Waals surface area contributed by atoms with Crippen molar-refractivity contribution < 1.29 is 38.9 Å². The number of allylic oxidation sites excluding steroid dienone is 12. The third-order valence-electron chi connectivity index (χ3n) is 27.3. The van der Waals surface area contributed by atoms with Gasteiger partial charge in [-0.1, -0.05) is 312 Å². The van der Waals surface area contributed by atoms with E-state index >= 15 is 0 Å². The van der Waals surface area contributed by atoms with Crippen LogP contribution in [-0.2, 0) is 69.3 Å². The molecule has 133 heavy (non-hydrogen) atoms. The molecule has 6 aliphatic carbocycles. The molecule has 14 heteroatoms. The summed E-state index contributed by atoms with van der Waals surface area (Å²) in [6.07, 6.45) is 23.4. The van der Waals surface area contributed by atoms with Crippen LogP contribution in [0.2, 0.25) is 0 Å². The number of para-hydroxylation sites is 6. The zero-order chi connectivity index (χ0) is 91.3. The smallest absolute Gasteiger partial charge is 0.340 e. The van der Waals surface area contributed by atoms with Crippen molar-refractivity contribution in [2.75, 3.05) is 7.11 Å². The van der Waals surface area contributed by atoms with Crippen molar-refractivity contribution in [1.82, 2.24) is 29.9 Å². The number of aliphatic hydroxyl groups is 2. The average Bonchev–Trinajstić information content (AvgIpc) is 1.63. The molecule has 8 N–H and O–H groups in total. The molecule has 18 aromatic rings. The average molecular weight is 1740 g/mol. The lowest BCUT2D eigenvalue weighted by Gasteiger charge is -2.15. The molecule has 12 aromatic carbocycles. The van der Waals surface area contributed by atoms with Crippen molar-refractivity contribution in [2.24, 2.45) is 0 Å². The van der Waals surface area contributed by atoms with E-state index in [-0.39, 0.29) is 42.7 Å². The summed E-state index contributed by atoms with van der Waals surface area (Å²) in [4.78, 5) is 80.3. The molecule has 0 aliphatic heterocycles. The summed E-state index contributed by atoms with van der Waals surface area (Å²) in [5.74, 6) is 0.106. The number of ketones is 1. The maximum Gasteiger partial charge on any atom is 0.340 e. The molecule has 14 nitrogen and oxygen atoms in total. The Morgan fingerprint density at radius 1 is 0.338 bits per heavy atom. The standard InChI is InChI=1S/C21H19NO2.C20H19NO.2C20H17NO.C19H13NO2.C19H17NO/c1-13(15-12-11-14-7-3-4-8-16(14)15)20-19(21(23)24-2)17-9-5-6-10-18(17)22-20;2*1-13(15-11-10-14-6-2-3-7-16(14)15)20-18(12-22)17-8-4-5-9-19(17)21-20;1-13-6-9-16-14(10-13)7-8-15(16)11-20-18(12-22)17-4-2-3-5-19(17)21-20;21-11-16-14-7-3-4-8-17(14)20-18(16)19(22)15-10-9-12-5-1-2-6-13(12)15;21-12-17-16-7-3-4-8-18(16)20-19(17)11-14-10-9-13-5-1-2-6-15(13)14/h3-10,12-13,22H,11H2,1-2H3;2-9,11,13,21-22H,10,12H2,1H3;2-9,11-13,21H,10H2,1H3;2-6,8-10,12,21H,7,11H2,1H3;1-8,10-11,20H,9H2;1-8,10,20-21H,9,11-12H2. The molecule has 6 aliphatic rings. The molecule has 3 atom stereocenters. The second-order valence-electron chi connectivity index (χ2n) is 34.9. The van der Waals surface area contributed by atoms with Crippen LogP contribution < -0.4 is 0 Å². The summed E-state index contributed by atoms with van der Waals surface area (Å²) in [5.41, 5.74) is 40.5. The Bertz CT molecular complexity index is 7800. The van der Waals surface area contributed by atoms with Gasteiger partial charge in [-0.25, -0.2) is 4.79 Å². The maximum atomic E-state index is 12.9. The highest BCUT2D eigenvalue weighted by Crippen LogP contribution is 2.46. The molecule has 0 bridgehead atoms. The van der Waals surface area contributed by atoms with Gasteiger partial charge in [0.1, 0.15) is 0 Å². The minimum atomic E-state index is -0.291. The number of esters is 1. The molecule has 24 rings (SSSR count). The van der Waals surface area contributed by atoms with Crippen molar-refractivity contribution in [2.45, 2.75) is 110 Å². The summed E-state index contributed by atoms with van der Waals surface area (Å²) in [6.45, 7) is 8.81. The highest BCUT2D eigenvalue weighted by molar-refractivity contribution is 6.32. The predicted octanol–water partition coefficient (Wildman–Crippen LogP) is 25.9. The minimum Gasteiger partial charge on any atom is -0.465 e. The fourth-order valence-corrected chi connectivity index (χ4v) is 20.6. The molecule has 0 radical (unpaired) electrons. The van der Waals surface area contributed by atoms with Gasteiger partial charge in [-0.05, 0) is 176 Å². The van der Waals surface area contributed by atoms with Crippen molar-refractivity contribution in [3.8, 4) is 0 Å². The number of H-pyrrole nitrogens is 6. The zero-order valence-corrected chi connectivity index (χ0v) is 75.0. The first-order valence-corrected chi connectivity index (χ1v) is 45.7. The summed E-state index contributed by atoms with van der Waals surface area (Å²) >= 11 is 0. The van der Waals surface area contributed by atoms with Crippen molar-refractivity contribution >= 4 is 129 Å². The summed E-state index contributed by atoms with van der Waals surface area (Å²) in [6, 6.07) is 96.3. The molecule has 0 saturated heterocycles. The largest absolute Gasteiger partial charge is 0.465 e. The van der Waals surface area contributed by atoms with Crippen LogP contribution in [0.5, 0.6) is 0 Å². The number of aromatic amines is 6. The Hall–Kier alpha value is -15.6. The normalized spacial score (nSPS) is 13.9. The molecule has 656 valence electrons. The Balaban J connectivity index is 0.000000103. The van der Waals surface area contributed by atoms with Gasteiger partial charge in [0, 0.05) is 152 Å². The Morgan fingerprint density at radius 3 is 1.23 bits per heavy atom. The second-order valence-corrected chi connectivity index (χ2v) is 34.9. The third-order valence-corrected chi connectivity index (χ3v) is 27.3. The van der Waals surface area contributed by atoms with E-state index in [0.717, 1.165) is 197 Å². The second kappa shape index (κ2) is 38.2. The van der Waals surface area contributed by atoms with E-state index in [1.807, 2.05) is 152 Å². The molecular formula is C119H102N6O8. The van der Waals surface area contributed by atoms with Crippen LogP contribution >= 0.6 is 0 Å². The molecule has 0 fully saturated rings. The predicted molar refractivity (Wildman–Crippen MR) is 540 cm³/mol. The van der Waals surface area contributed by atoms with E-state index in [9.17, 15) is 34.2 Å². The van der Waals surface area contributed by atoms with Gasteiger partial charge < -0.3 is 44.9 Å². The van der Waals surface area contributed by atoms with Crippen molar-refractivity contribution in [1.29, 1.82) is 0 Å². The Morgan fingerprint density at radius 2 is 0.692 bits per heavy atom. The fraction of sp³-hybridized carbons (Fsp3) is 0.151. The number of ether oxygens (including phenoxy) is 1. The van der Waals surface area contributed by atoms with Crippen LogP contribution in [0.3, 0.4) is 0 Å². The Kier molecular flexibility index (Phi) is 24.9. The monoisotopic (exact) mass is 1740 g/mol. The number of aromatic nitrogens is 6.